The van der Waals surface area contributed by atoms with Crippen LogP contribution >= 0.6 is 0 Å². The van der Waals surface area contributed by atoms with Gasteiger partial charge in [0.2, 0.25) is 0 Å². The Kier molecular flexibility index (Phi) is 3.25. The molecule has 3 aliphatic heterocycles. The zero-order chi connectivity index (χ0) is 14.3. The molecule has 4 nitrogen and oxygen atoms in total. The van der Waals surface area contributed by atoms with Crippen molar-refractivity contribution in [3.05, 3.63) is 48.2 Å². The van der Waals surface area contributed by atoms with E-state index in [4.69, 9.17) is 18.9 Å². The van der Waals surface area contributed by atoms with E-state index in [1.165, 1.54) is 0 Å². The van der Waals surface area contributed by atoms with Crippen molar-refractivity contribution >= 4 is 0 Å². The fourth-order valence-corrected chi connectivity index (χ4v) is 3.34. The van der Waals surface area contributed by atoms with E-state index in [0.717, 1.165) is 18.4 Å². The third-order valence-corrected chi connectivity index (χ3v) is 4.56. The molecule has 0 aromatic heterocycles. The molecule has 0 radical (unpaired) electrons. The molecule has 0 N–H and O–H groups in total. The van der Waals surface area contributed by atoms with E-state index in [1.807, 2.05) is 36.4 Å². The van der Waals surface area contributed by atoms with Crippen molar-refractivity contribution in [2.24, 2.45) is 0 Å². The molecule has 1 aromatic rings. The third kappa shape index (κ3) is 2.37. The highest BCUT2D eigenvalue weighted by molar-refractivity contribution is 5.17. The first-order valence-corrected chi connectivity index (χ1v) is 7.55. The molecule has 21 heavy (non-hydrogen) atoms. The van der Waals surface area contributed by atoms with Gasteiger partial charge in [-0.3, -0.25) is 0 Å². The quantitative estimate of drug-likeness (QED) is 0.796. The van der Waals surface area contributed by atoms with Crippen LogP contribution in [0.4, 0.5) is 0 Å². The van der Waals surface area contributed by atoms with Gasteiger partial charge in [0.1, 0.15) is 11.7 Å². The summed E-state index contributed by atoms with van der Waals surface area (Å²) in [6, 6.07) is 10.0. The first-order valence-electron chi connectivity index (χ1n) is 7.55. The van der Waals surface area contributed by atoms with Crippen LogP contribution in [-0.2, 0) is 18.9 Å². The minimum atomic E-state index is -0.388. The second-order valence-corrected chi connectivity index (χ2v) is 6.17. The normalized spacial score (nSPS) is 41.8. The van der Waals surface area contributed by atoms with E-state index in [0.29, 0.717) is 6.61 Å². The van der Waals surface area contributed by atoms with Crippen molar-refractivity contribution < 1.29 is 18.9 Å². The van der Waals surface area contributed by atoms with E-state index < -0.39 is 0 Å². The van der Waals surface area contributed by atoms with Gasteiger partial charge in [0.25, 0.3) is 0 Å². The zero-order valence-corrected chi connectivity index (χ0v) is 12.1. The Labute approximate surface area is 124 Å². The van der Waals surface area contributed by atoms with Gasteiger partial charge in [-0.25, -0.2) is 0 Å². The fraction of sp³-hybridized carbons (Fsp3) is 0.529. The van der Waals surface area contributed by atoms with Crippen LogP contribution in [0.1, 0.15) is 31.6 Å². The number of hydrogen-bond acceptors (Lipinski definition) is 4. The maximum atomic E-state index is 6.24. The van der Waals surface area contributed by atoms with Crippen molar-refractivity contribution in [2.75, 3.05) is 6.61 Å². The van der Waals surface area contributed by atoms with Crippen molar-refractivity contribution in [2.45, 2.75) is 50.0 Å². The van der Waals surface area contributed by atoms with Crippen molar-refractivity contribution in [3.8, 4) is 0 Å². The number of benzene rings is 1. The standard InChI is InChI=1S/C17H20O4/c1-17-11-19-16(12-6-3-2-4-7-12)20-15(17)10-14-13(21-17)8-5-9-18-14/h2-7,9,13-16H,8,10-11H2,1H3/t13-,14+,15-,16+,17+/m0/s1. The summed E-state index contributed by atoms with van der Waals surface area (Å²) in [5.74, 6) is 0. The summed E-state index contributed by atoms with van der Waals surface area (Å²) < 4.78 is 24.0. The SMILES string of the molecule is C[C@@]12CO[C@@H](c3ccccc3)O[C@H]1C[C@H]1OC=CC[C@@H]1O2. The Morgan fingerprint density at radius 2 is 2.00 bits per heavy atom. The van der Waals surface area contributed by atoms with E-state index >= 15 is 0 Å². The molecular weight excluding hydrogens is 268 g/mol. The summed E-state index contributed by atoms with van der Waals surface area (Å²) in [6.45, 7) is 2.62. The summed E-state index contributed by atoms with van der Waals surface area (Å²) in [7, 11) is 0. The maximum Gasteiger partial charge on any atom is 0.184 e. The van der Waals surface area contributed by atoms with E-state index in [-0.39, 0.29) is 30.2 Å². The monoisotopic (exact) mass is 288 g/mol. The largest absolute Gasteiger partial charge is 0.496 e. The lowest BCUT2D eigenvalue weighted by molar-refractivity contribution is -0.338. The first kappa shape index (κ1) is 13.3. The Bertz CT molecular complexity index is 529. The van der Waals surface area contributed by atoms with Gasteiger partial charge in [0.15, 0.2) is 6.29 Å². The molecule has 4 heteroatoms. The molecule has 0 aliphatic carbocycles. The Balaban J connectivity index is 1.53. The van der Waals surface area contributed by atoms with Gasteiger partial charge in [-0.2, -0.15) is 0 Å². The maximum absolute atomic E-state index is 6.24. The molecule has 3 aliphatic rings. The van der Waals surface area contributed by atoms with Crippen LogP contribution in [0.25, 0.3) is 0 Å². The predicted molar refractivity (Wildman–Crippen MR) is 76.5 cm³/mol. The average Bonchev–Trinajstić information content (AvgIpc) is 2.53. The fourth-order valence-electron chi connectivity index (χ4n) is 3.34. The van der Waals surface area contributed by atoms with Gasteiger partial charge in [-0.1, -0.05) is 30.3 Å². The summed E-state index contributed by atoms with van der Waals surface area (Å²) in [5, 5.41) is 0. The highest BCUT2D eigenvalue weighted by Crippen LogP contribution is 2.42. The van der Waals surface area contributed by atoms with Gasteiger partial charge in [0, 0.05) is 12.0 Å². The minimum absolute atomic E-state index is 0.00999. The van der Waals surface area contributed by atoms with Gasteiger partial charge in [-0.05, 0) is 19.4 Å². The lowest BCUT2D eigenvalue weighted by Gasteiger charge is -2.51. The van der Waals surface area contributed by atoms with E-state index in [2.05, 4.69) is 6.92 Å². The Hall–Kier alpha value is -1.36. The lowest BCUT2D eigenvalue weighted by atomic mass is 9.86. The summed E-state index contributed by atoms with van der Waals surface area (Å²) in [4.78, 5) is 0. The number of ether oxygens (including phenoxy) is 4. The minimum Gasteiger partial charge on any atom is -0.496 e. The second kappa shape index (κ2) is 5.13. The highest BCUT2D eigenvalue weighted by atomic mass is 16.7. The summed E-state index contributed by atoms with van der Waals surface area (Å²) in [5.41, 5.74) is 0.659. The third-order valence-electron chi connectivity index (χ3n) is 4.56. The van der Waals surface area contributed by atoms with Crippen LogP contribution < -0.4 is 0 Å². The van der Waals surface area contributed by atoms with Crippen LogP contribution in [0, 0.1) is 0 Å². The first-order chi connectivity index (χ1) is 10.2. The Morgan fingerprint density at radius 1 is 1.14 bits per heavy atom. The van der Waals surface area contributed by atoms with E-state index in [1.54, 1.807) is 6.26 Å². The molecule has 0 saturated carbocycles. The van der Waals surface area contributed by atoms with Crippen molar-refractivity contribution in [1.82, 2.24) is 0 Å². The van der Waals surface area contributed by atoms with Gasteiger partial charge in [0.05, 0.1) is 25.1 Å². The smallest absolute Gasteiger partial charge is 0.184 e. The van der Waals surface area contributed by atoms with Crippen molar-refractivity contribution in [1.29, 1.82) is 0 Å². The van der Waals surface area contributed by atoms with Gasteiger partial charge < -0.3 is 18.9 Å². The van der Waals surface area contributed by atoms with Gasteiger partial charge in [-0.15, -0.1) is 0 Å². The predicted octanol–water partition coefficient (Wildman–Crippen LogP) is 2.95. The molecule has 5 atom stereocenters. The zero-order valence-electron chi connectivity index (χ0n) is 12.1. The summed E-state index contributed by atoms with van der Waals surface area (Å²) in [6.07, 6.45) is 5.41. The molecule has 2 saturated heterocycles. The molecule has 0 unspecified atom stereocenters. The Morgan fingerprint density at radius 3 is 2.86 bits per heavy atom. The molecule has 0 spiro atoms. The summed E-state index contributed by atoms with van der Waals surface area (Å²) >= 11 is 0. The number of fused-ring (bicyclic) bond motifs is 2. The molecular formula is C17H20O4. The van der Waals surface area contributed by atoms with Crippen LogP contribution in [-0.4, -0.2) is 30.5 Å². The molecule has 4 rings (SSSR count). The molecule has 2 fully saturated rings. The molecule has 3 heterocycles. The highest BCUT2D eigenvalue weighted by Gasteiger charge is 2.51. The molecule has 1 aromatic carbocycles. The van der Waals surface area contributed by atoms with E-state index in [9.17, 15) is 0 Å². The van der Waals surface area contributed by atoms with Crippen LogP contribution in [0.5, 0.6) is 0 Å². The molecule has 0 bridgehead atoms. The number of hydrogen-bond donors (Lipinski definition) is 0. The van der Waals surface area contributed by atoms with Crippen LogP contribution in [0.2, 0.25) is 0 Å². The van der Waals surface area contributed by atoms with Crippen LogP contribution in [0.3, 0.4) is 0 Å². The van der Waals surface area contributed by atoms with Crippen molar-refractivity contribution in [3.63, 3.8) is 0 Å². The second-order valence-electron chi connectivity index (χ2n) is 6.17. The average molecular weight is 288 g/mol. The topological polar surface area (TPSA) is 36.9 Å². The molecule has 0 amide bonds. The molecule has 112 valence electrons. The van der Waals surface area contributed by atoms with Crippen LogP contribution in [0.15, 0.2) is 42.7 Å². The lowest BCUT2D eigenvalue weighted by Crippen LogP contribution is -2.61. The van der Waals surface area contributed by atoms with Gasteiger partial charge >= 0.3 is 0 Å². The number of rotatable bonds is 1.